The number of nitrogens with zero attached hydrogens (tertiary/aromatic N) is 4. The summed E-state index contributed by atoms with van der Waals surface area (Å²) in [5.41, 5.74) is 2.49. The van der Waals surface area contributed by atoms with E-state index in [1.807, 2.05) is 22.8 Å². The number of aryl methyl sites for hydroxylation is 1. The molecule has 1 aliphatic heterocycles. The SMILES string of the molecule is Cn1ncc2c1CCCC2NC(=O)N1CCN(C2CCCC2)CC1. The zero-order valence-electron chi connectivity index (χ0n) is 14.7. The second kappa shape index (κ2) is 6.75. The lowest BCUT2D eigenvalue weighted by molar-refractivity contribution is 0.108. The summed E-state index contributed by atoms with van der Waals surface area (Å²) in [4.78, 5) is 17.3. The minimum atomic E-state index is 0.0998. The predicted molar refractivity (Wildman–Crippen MR) is 92.8 cm³/mol. The fraction of sp³-hybridized carbons (Fsp3) is 0.778. The van der Waals surface area contributed by atoms with Gasteiger partial charge in [0.15, 0.2) is 0 Å². The summed E-state index contributed by atoms with van der Waals surface area (Å²) >= 11 is 0. The van der Waals surface area contributed by atoms with E-state index >= 15 is 0 Å². The molecule has 0 spiro atoms. The summed E-state index contributed by atoms with van der Waals surface area (Å²) in [5.74, 6) is 0. The fourth-order valence-electron chi connectivity index (χ4n) is 4.66. The van der Waals surface area contributed by atoms with Crippen molar-refractivity contribution in [2.45, 2.75) is 57.0 Å². The van der Waals surface area contributed by atoms with Crippen LogP contribution < -0.4 is 5.32 Å². The third kappa shape index (κ3) is 3.04. The van der Waals surface area contributed by atoms with Crippen LogP contribution in [-0.4, -0.2) is 57.8 Å². The van der Waals surface area contributed by atoms with Crippen molar-refractivity contribution in [3.63, 3.8) is 0 Å². The van der Waals surface area contributed by atoms with Gasteiger partial charge in [-0.05, 0) is 32.1 Å². The van der Waals surface area contributed by atoms with E-state index in [0.29, 0.717) is 0 Å². The van der Waals surface area contributed by atoms with Gasteiger partial charge < -0.3 is 10.2 Å². The molecule has 1 atom stereocenters. The molecule has 1 unspecified atom stereocenters. The van der Waals surface area contributed by atoms with E-state index in [1.165, 1.54) is 36.9 Å². The van der Waals surface area contributed by atoms with Crippen LogP contribution in [0.25, 0.3) is 0 Å². The summed E-state index contributed by atoms with van der Waals surface area (Å²) in [7, 11) is 1.99. The van der Waals surface area contributed by atoms with Crippen LogP contribution in [0.2, 0.25) is 0 Å². The van der Waals surface area contributed by atoms with Crippen LogP contribution in [0.3, 0.4) is 0 Å². The van der Waals surface area contributed by atoms with Crippen molar-refractivity contribution in [3.8, 4) is 0 Å². The van der Waals surface area contributed by atoms with Crippen LogP contribution in [0.4, 0.5) is 4.79 Å². The number of urea groups is 1. The molecule has 3 aliphatic rings. The normalized spacial score (nSPS) is 25.7. The van der Waals surface area contributed by atoms with Crippen LogP contribution >= 0.6 is 0 Å². The van der Waals surface area contributed by atoms with E-state index < -0.39 is 0 Å². The van der Waals surface area contributed by atoms with Crippen LogP contribution in [-0.2, 0) is 13.5 Å². The molecule has 0 aromatic carbocycles. The van der Waals surface area contributed by atoms with Crippen molar-refractivity contribution < 1.29 is 4.79 Å². The number of amides is 2. The van der Waals surface area contributed by atoms with E-state index in [4.69, 9.17) is 0 Å². The fourth-order valence-corrected chi connectivity index (χ4v) is 4.66. The maximum atomic E-state index is 12.7. The number of hydrogen-bond donors (Lipinski definition) is 1. The summed E-state index contributed by atoms with van der Waals surface area (Å²) in [6, 6.07) is 0.997. The Labute approximate surface area is 144 Å². The van der Waals surface area contributed by atoms with Crippen LogP contribution in [0.5, 0.6) is 0 Å². The number of piperazine rings is 1. The van der Waals surface area contributed by atoms with E-state index in [1.54, 1.807) is 0 Å². The summed E-state index contributed by atoms with van der Waals surface area (Å²) < 4.78 is 1.95. The number of carbonyl (C=O) groups is 1. The molecule has 2 aliphatic carbocycles. The Morgan fingerprint density at radius 1 is 1.12 bits per heavy atom. The molecular formula is C18H29N5O. The molecular weight excluding hydrogens is 302 g/mol. The highest BCUT2D eigenvalue weighted by atomic mass is 16.2. The first-order valence-electron chi connectivity index (χ1n) is 9.52. The molecule has 2 amide bonds. The predicted octanol–water partition coefficient (Wildman–Crippen LogP) is 2.07. The molecule has 2 heterocycles. The number of hydrogen-bond acceptors (Lipinski definition) is 3. The molecule has 1 aromatic heterocycles. The van der Waals surface area contributed by atoms with Crippen LogP contribution in [0.1, 0.15) is 55.8 Å². The van der Waals surface area contributed by atoms with E-state index in [-0.39, 0.29) is 12.1 Å². The molecule has 1 saturated carbocycles. The zero-order valence-corrected chi connectivity index (χ0v) is 14.7. The maximum Gasteiger partial charge on any atom is 0.317 e. The topological polar surface area (TPSA) is 53.4 Å². The second-order valence-corrected chi connectivity index (χ2v) is 7.53. The first-order valence-corrected chi connectivity index (χ1v) is 9.52. The van der Waals surface area contributed by atoms with Gasteiger partial charge in [0.25, 0.3) is 0 Å². The van der Waals surface area contributed by atoms with E-state index in [0.717, 1.165) is 51.5 Å². The lowest BCUT2D eigenvalue weighted by Crippen LogP contribution is -2.54. The standard InChI is InChI=1S/C18H29N5O/c1-21-17-8-4-7-16(15(17)13-19-21)20-18(24)23-11-9-22(10-12-23)14-5-2-3-6-14/h13-14,16H,2-12H2,1H3,(H,20,24). The Kier molecular flexibility index (Phi) is 4.48. The molecule has 2 fully saturated rings. The van der Waals surface area contributed by atoms with E-state index in [2.05, 4.69) is 15.3 Å². The molecule has 6 heteroatoms. The van der Waals surface area contributed by atoms with Gasteiger partial charge in [-0.2, -0.15) is 5.10 Å². The summed E-state index contributed by atoms with van der Waals surface area (Å²) in [6.07, 6.45) is 10.6. The van der Waals surface area contributed by atoms with Crippen molar-refractivity contribution in [1.29, 1.82) is 0 Å². The van der Waals surface area contributed by atoms with Gasteiger partial charge in [0.05, 0.1) is 12.2 Å². The van der Waals surface area contributed by atoms with Crippen molar-refractivity contribution >= 4 is 6.03 Å². The number of carbonyl (C=O) groups excluding carboxylic acids is 1. The van der Waals surface area contributed by atoms with Crippen LogP contribution in [0, 0.1) is 0 Å². The van der Waals surface area contributed by atoms with Crippen molar-refractivity contribution in [3.05, 3.63) is 17.5 Å². The minimum absolute atomic E-state index is 0.0998. The highest BCUT2D eigenvalue weighted by Gasteiger charge is 2.30. The quantitative estimate of drug-likeness (QED) is 0.902. The molecule has 132 valence electrons. The summed E-state index contributed by atoms with van der Waals surface area (Å²) in [6.45, 7) is 3.77. The second-order valence-electron chi connectivity index (χ2n) is 7.53. The molecule has 1 N–H and O–H groups in total. The monoisotopic (exact) mass is 331 g/mol. The Bertz CT molecular complexity index is 584. The number of aromatic nitrogens is 2. The highest BCUT2D eigenvalue weighted by molar-refractivity contribution is 5.75. The third-order valence-electron chi connectivity index (χ3n) is 6.12. The van der Waals surface area contributed by atoms with Gasteiger partial charge in [-0.15, -0.1) is 0 Å². The van der Waals surface area contributed by atoms with Gasteiger partial charge in [0.1, 0.15) is 0 Å². The number of fused-ring (bicyclic) bond motifs is 1. The summed E-state index contributed by atoms with van der Waals surface area (Å²) in [5, 5.41) is 7.63. The maximum absolute atomic E-state index is 12.7. The average Bonchev–Trinajstić information content (AvgIpc) is 3.26. The molecule has 1 aromatic rings. The number of nitrogens with one attached hydrogen (secondary N) is 1. The van der Waals surface area contributed by atoms with Gasteiger partial charge in [-0.25, -0.2) is 4.79 Å². The van der Waals surface area contributed by atoms with Gasteiger partial charge in [-0.1, -0.05) is 12.8 Å². The Morgan fingerprint density at radius 3 is 2.62 bits per heavy atom. The average molecular weight is 331 g/mol. The van der Waals surface area contributed by atoms with Crippen LogP contribution in [0.15, 0.2) is 6.20 Å². The lowest BCUT2D eigenvalue weighted by Gasteiger charge is -2.38. The molecule has 6 nitrogen and oxygen atoms in total. The molecule has 0 bridgehead atoms. The zero-order chi connectivity index (χ0) is 16.5. The number of rotatable bonds is 2. The minimum Gasteiger partial charge on any atom is -0.331 e. The van der Waals surface area contributed by atoms with Gasteiger partial charge >= 0.3 is 6.03 Å². The van der Waals surface area contributed by atoms with Crippen molar-refractivity contribution in [2.75, 3.05) is 26.2 Å². The largest absolute Gasteiger partial charge is 0.331 e. The molecule has 4 rings (SSSR count). The first-order chi connectivity index (χ1) is 11.7. The van der Waals surface area contributed by atoms with E-state index in [9.17, 15) is 4.79 Å². The molecule has 1 saturated heterocycles. The third-order valence-corrected chi connectivity index (χ3v) is 6.12. The smallest absolute Gasteiger partial charge is 0.317 e. The Balaban J connectivity index is 1.33. The molecule has 24 heavy (non-hydrogen) atoms. The van der Waals surface area contributed by atoms with Gasteiger partial charge in [-0.3, -0.25) is 9.58 Å². The highest BCUT2D eigenvalue weighted by Crippen LogP contribution is 2.29. The Hall–Kier alpha value is -1.56. The van der Waals surface area contributed by atoms with Gasteiger partial charge in [0, 0.05) is 50.5 Å². The Morgan fingerprint density at radius 2 is 1.88 bits per heavy atom. The van der Waals surface area contributed by atoms with Gasteiger partial charge in [0.2, 0.25) is 0 Å². The first kappa shape index (κ1) is 15.9. The van der Waals surface area contributed by atoms with Crippen molar-refractivity contribution in [2.24, 2.45) is 7.05 Å². The molecule has 0 radical (unpaired) electrons. The van der Waals surface area contributed by atoms with Crippen molar-refractivity contribution in [1.82, 2.24) is 24.9 Å². The lowest BCUT2D eigenvalue weighted by atomic mass is 9.93.